The van der Waals surface area contributed by atoms with Gasteiger partial charge in [0.15, 0.2) is 0 Å². The van der Waals surface area contributed by atoms with Crippen molar-refractivity contribution in [3.05, 3.63) is 297 Å². The Hall–Kier alpha value is -10.9. The second-order valence-electron chi connectivity index (χ2n) is 24.3. The van der Waals surface area contributed by atoms with Gasteiger partial charge in [-0.2, -0.15) is 0 Å². The van der Waals surface area contributed by atoms with Crippen molar-refractivity contribution in [2.45, 2.75) is 26.2 Å². The highest BCUT2D eigenvalue weighted by Gasteiger charge is 2.48. The molecule has 4 nitrogen and oxygen atoms in total. The number of ether oxygens (including phenoxy) is 2. The summed E-state index contributed by atoms with van der Waals surface area (Å²) in [7, 11) is 0. The summed E-state index contributed by atoms with van der Waals surface area (Å²) in [6.45, 7) is 6.83. The van der Waals surface area contributed by atoms with Crippen molar-refractivity contribution in [2.75, 3.05) is 9.80 Å². The Bertz CT molecular complexity index is 4620. The van der Waals surface area contributed by atoms with E-state index in [9.17, 15) is 0 Å². The maximum absolute atomic E-state index is 7.41. The Morgan fingerprint density at radius 1 is 0.276 bits per heavy atom. The molecule has 13 aromatic carbocycles. The van der Waals surface area contributed by atoms with Gasteiger partial charge in [0.25, 0.3) is 6.71 Å². The van der Waals surface area contributed by atoms with E-state index in [1.54, 1.807) is 0 Å². The smallest absolute Gasteiger partial charge is 0.252 e. The number of benzene rings is 13. The summed E-state index contributed by atoms with van der Waals surface area (Å²) < 4.78 is 14.8. The fourth-order valence-electron chi connectivity index (χ4n) is 14.2. The molecule has 13 aromatic rings. The first-order valence-corrected chi connectivity index (χ1v) is 30.2. The zero-order chi connectivity index (χ0) is 57.9. The molecule has 0 aliphatic carbocycles. The van der Waals surface area contributed by atoms with Crippen LogP contribution in [0.15, 0.2) is 291 Å². The van der Waals surface area contributed by atoms with Crippen LogP contribution in [0.5, 0.6) is 23.0 Å². The van der Waals surface area contributed by atoms with Crippen LogP contribution in [0.1, 0.15) is 26.3 Å². The van der Waals surface area contributed by atoms with Crippen molar-refractivity contribution in [1.29, 1.82) is 0 Å². The van der Waals surface area contributed by atoms with Gasteiger partial charge in [-0.25, -0.2) is 0 Å². The quantitative estimate of drug-likeness (QED) is 0.164. The van der Waals surface area contributed by atoms with Gasteiger partial charge in [0.1, 0.15) is 23.0 Å². The highest BCUT2D eigenvalue weighted by atomic mass is 16.5. The first kappa shape index (κ1) is 50.6. The second-order valence-corrected chi connectivity index (χ2v) is 24.3. The lowest BCUT2D eigenvalue weighted by Crippen LogP contribution is -2.61. The predicted octanol–water partition coefficient (Wildman–Crippen LogP) is 20.6. The number of hydrogen-bond donors (Lipinski definition) is 0. The van der Waals surface area contributed by atoms with Crippen LogP contribution in [0.25, 0.3) is 89.0 Å². The number of nitrogens with zero attached hydrogens (tertiary/aromatic N) is 2. The number of anilines is 6. The summed E-state index contributed by atoms with van der Waals surface area (Å²) in [6.07, 6.45) is 0. The Morgan fingerprint density at radius 2 is 0.621 bits per heavy atom. The van der Waals surface area contributed by atoms with Crippen molar-refractivity contribution >= 4 is 57.2 Å². The molecular weight excluding hydrogens is 1060 g/mol. The molecule has 5 heteroatoms. The van der Waals surface area contributed by atoms with Crippen LogP contribution < -0.4 is 35.7 Å². The highest BCUT2D eigenvalue weighted by molar-refractivity contribution is 7.00. The van der Waals surface area contributed by atoms with Gasteiger partial charge < -0.3 is 19.3 Å². The molecule has 4 heterocycles. The Labute approximate surface area is 508 Å². The zero-order valence-corrected chi connectivity index (χ0v) is 48.5. The van der Waals surface area contributed by atoms with Crippen LogP contribution in [0, 0.1) is 0 Å². The van der Waals surface area contributed by atoms with Crippen LogP contribution in [0.4, 0.5) is 34.1 Å². The minimum atomic E-state index is -0.306. The van der Waals surface area contributed by atoms with E-state index < -0.39 is 0 Å². The minimum absolute atomic E-state index is 0.264. The number of hydrogen-bond acceptors (Lipinski definition) is 4. The standard InChI is InChI=1S/C82H57BN2O2/c1-82(2,3)58-50-71-79-72(51-58)85-70-47-41-57(53-26-10-5-11-27-53)49-66(70)62-33-17-21-37-74(62)87-76-39-23-19-35-64(76)78-60(55-30-14-7-15-31-55)43-45-68(81(78)85)83(79)67-44-42-59(54-28-12-6-13-29-54)77-63-34-18-22-38-75(63)86-73-36-20-16-32-61(73)65-48-56(52-24-8-4-9-25-52)40-46-69(65)84(71)80(67)77/h4-51H,1-3H3. The van der Waals surface area contributed by atoms with Crippen LogP contribution in [-0.4, -0.2) is 6.71 Å². The molecule has 0 saturated heterocycles. The summed E-state index contributed by atoms with van der Waals surface area (Å²) in [5, 5.41) is 0. The maximum atomic E-state index is 7.41. The molecule has 4 aliphatic heterocycles. The fourth-order valence-corrected chi connectivity index (χ4v) is 14.2. The Kier molecular flexibility index (Phi) is 11.6. The number of fused-ring (bicyclic) bond motifs is 16. The van der Waals surface area contributed by atoms with Gasteiger partial charge in [-0.15, -0.1) is 0 Å². The van der Waals surface area contributed by atoms with Crippen LogP contribution >= 0.6 is 0 Å². The molecule has 4 aliphatic rings. The van der Waals surface area contributed by atoms with Crippen molar-refractivity contribution in [3.8, 4) is 112 Å². The number of para-hydroxylation sites is 4. The van der Waals surface area contributed by atoms with Crippen LogP contribution in [-0.2, 0) is 5.41 Å². The van der Waals surface area contributed by atoms with Crippen molar-refractivity contribution in [2.24, 2.45) is 0 Å². The normalized spacial score (nSPS) is 12.9. The van der Waals surface area contributed by atoms with E-state index in [0.29, 0.717) is 0 Å². The van der Waals surface area contributed by atoms with Gasteiger partial charge in [0, 0.05) is 55.9 Å². The predicted molar refractivity (Wildman–Crippen MR) is 363 cm³/mol. The largest absolute Gasteiger partial charge is 0.456 e. The summed E-state index contributed by atoms with van der Waals surface area (Å²) in [4.78, 5) is 5.32. The van der Waals surface area contributed by atoms with Gasteiger partial charge in [-0.05, 0) is 133 Å². The molecule has 0 fully saturated rings. The van der Waals surface area contributed by atoms with E-state index in [0.717, 1.165) is 146 Å². The third kappa shape index (κ3) is 8.07. The summed E-state index contributed by atoms with van der Waals surface area (Å²) in [5.74, 6) is 3.15. The van der Waals surface area contributed by atoms with Gasteiger partial charge in [-0.3, -0.25) is 0 Å². The van der Waals surface area contributed by atoms with Gasteiger partial charge in [-0.1, -0.05) is 251 Å². The first-order chi connectivity index (χ1) is 42.8. The van der Waals surface area contributed by atoms with E-state index in [1.165, 1.54) is 22.0 Å². The second kappa shape index (κ2) is 19.9. The van der Waals surface area contributed by atoms with E-state index in [-0.39, 0.29) is 12.1 Å². The molecule has 87 heavy (non-hydrogen) atoms. The highest BCUT2D eigenvalue weighted by Crippen LogP contribution is 2.59. The Morgan fingerprint density at radius 3 is 1.01 bits per heavy atom. The van der Waals surface area contributed by atoms with Crippen LogP contribution in [0.3, 0.4) is 0 Å². The van der Waals surface area contributed by atoms with E-state index in [2.05, 4.69) is 322 Å². The van der Waals surface area contributed by atoms with E-state index in [1.807, 2.05) is 0 Å². The molecule has 0 atom stereocenters. The van der Waals surface area contributed by atoms with E-state index in [4.69, 9.17) is 9.47 Å². The van der Waals surface area contributed by atoms with Gasteiger partial charge in [0.2, 0.25) is 0 Å². The molecule has 0 amide bonds. The summed E-state index contributed by atoms with van der Waals surface area (Å²) >= 11 is 0. The first-order valence-electron chi connectivity index (χ1n) is 30.2. The van der Waals surface area contributed by atoms with E-state index >= 15 is 0 Å². The third-order valence-corrected chi connectivity index (χ3v) is 18.2. The summed E-state index contributed by atoms with van der Waals surface area (Å²) in [6, 6.07) is 107. The maximum Gasteiger partial charge on any atom is 0.252 e. The molecule has 0 spiro atoms. The average molecular weight is 1110 g/mol. The molecule has 410 valence electrons. The van der Waals surface area contributed by atoms with Crippen molar-refractivity contribution in [1.82, 2.24) is 0 Å². The molecular formula is C82H57BN2O2. The molecule has 0 radical (unpaired) electrons. The molecule has 0 N–H and O–H groups in total. The van der Waals surface area contributed by atoms with Crippen LogP contribution in [0.2, 0.25) is 0 Å². The molecule has 0 bridgehead atoms. The molecule has 0 unspecified atom stereocenters. The zero-order valence-electron chi connectivity index (χ0n) is 48.5. The topological polar surface area (TPSA) is 24.9 Å². The van der Waals surface area contributed by atoms with Gasteiger partial charge in [0.05, 0.1) is 22.7 Å². The average Bonchev–Trinajstić information content (AvgIpc) is 0.705. The lowest BCUT2D eigenvalue weighted by Gasteiger charge is -2.47. The Balaban J connectivity index is 1.08. The fraction of sp³-hybridized carbons (Fsp3) is 0.0488. The number of rotatable bonds is 4. The minimum Gasteiger partial charge on any atom is -0.456 e. The van der Waals surface area contributed by atoms with Crippen molar-refractivity contribution < 1.29 is 9.47 Å². The third-order valence-electron chi connectivity index (χ3n) is 18.2. The summed E-state index contributed by atoms with van der Waals surface area (Å²) in [5.41, 5.74) is 28.6. The molecule has 17 rings (SSSR count). The molecule has 0 saturated carbocycles. The lowest BCUT2D eigenvalue weighted by atomic mass is 9.33. The lowest BCUT2D eigenvalue weighted by molar-refractivity contribution is 0.486. The SMILES string of the molecule is CC(C)(C)c1cc2c3c(c1)N1c4ccc(-c5ccccc5)cc4-c4ccccc4Oc4ccccc4-c4c(-c5ccccc5)ccc(c41)B3c1ccc(-c3ccccc3)c3c1N2c1ccc(-c2ccccc2)cc1-c1ccccc1Oc1ccccc1-3. The molecule has 0 aromatic heterocycles. The monoisotopic (exact) mass is 1110 g/mol. The van der Waals surface area contributed by atoms with Crippen molar-refractivity contribution in [3.63, 3.8) is 0 Å². The van der Waals surface area contributed by atoms with Gasteiger partial charge >= 0.3 is 0 Å².